The summed E-state index contributed by atoms with van der Waals surface area (Å²) in [5.74, 6) is 1.36. The molecule has 5 aromatic rings. The standard InChI is InChI=1S/C27H21ClN6O/c28-20-13-10-18(11-14-20)22-16-24(34(32-22)21-7-2-1-3-8-21)27(35)29-17-26-31-30-25-15-12-19-6-4-5-9-23(19)33(25)26/h1-11,13-14,16H,12,15,17H2,(H,29,35). The van der Waals surface area contributed by atoms with Crippen LogP contribution in [-0.4, -0.2) is 30.5 Å². The molecule has 3 heterocycles. The largest absolute Gasteiger partial charge is 0.343 e. The zero-order valence-electron chi connectivity index (χ0n) is 18.7. The van der Waals surface area contributed by atoms with E-state index in [1.807, 2.05) is 71.3 Å². The van der Waals surface area contributed by atoms with E-state index in [1.54, 1.807) is 10.7 Å². The van der Waals surface area contributed by atoms with Crippen molar-refractivity contribution in [3.8, 4) is 22.6 Å². The monoisotopic (exact) mass is 480 g/mol. The zero-order valence-corrected chi connectivity index (χ0v) is 19.5. The summed E-state index contributed by atoms with van der Waals surface area (Å²) in [6.45, 7) is 0.246. The molecule has 7 nitrogen and oxygen atoms in total. The Morgan fingerprint density at radius 3 is 2.51 bits per heavy atom. The molecule has 0 fully saturated rings. The summed E-state index contributed by atoms with van der Waals surface area (Å²) in [4.78, 5) is 13.4. The normalized spacial score (nSPS) is 12.1. The Labute approximate surface area is 207 Å². The van der Waals surface area contributed by atoms with Crippen LogP contribution >= 0.6 is 11.6 Å². The minimum Gasteiger partial charge on any atom is -0.343 e. The molecule has 0 saturated heterocycles. The van der Waals surface area contributed by atoms with Crippen molar-refractivity contribution in [2.45, 2.75) is 19.4 Å². The van der Waals surface area contributed by atoms with E-state index in [0.717, 1.165) is 35.6 Å². The first-order chi connectivity index (χ1) is 17.2. The smallest absolute Gasteiger partial charge is 0.270 e. The molecule has 0 saturated carbocycles. The van der Waals surface area contributed by atoms with Gasteiger partial charge in [0.1, 0.15) is 11.5 Å². The molecule has 0 aliphatic carbocycles. The van der Waals surface area contributed by atoms with Gasteiger partial charge >= 0.3 is 0 Å². The van der Waals surface area contributed by atoms with Gasteiger partial charge in [-0.05, 0) is 48.4 Å². The number of rotatable bonds is 5. The Balaban J connectivity index is 1.32. The van der Waals surface area contributed by atoms with Gasteiger partial charge in [-0.15, -0.1) is 10.2 Å². The van der Waals surface area contributed by atoms with E-state index >= 15 is 0 Å². The van der Waals surface area contributed by atoms with Crippen molar-refractivity contribution in [2.75, 3.05) is 0 Å². The van der Waals surface area contributed by atoms with E-state index < -0.39 is 0 Å². The van der Waals surface area contributed by atoms with Crippen molar-refractivity contribution in [3.63, 3.8) is 0 Å². The Morgan fingerprint density at radius 1 is 0.914 bits per heavy atom. The van der Waals surface area contributed by atoms with E-state index in [2.05, 4.69) is 27.6 Å². The number of benzene rings is 3. The topological polar surface area (TPSA) is 77.6 Å². The fourth-order valence-corrected chi connectivity index (χ4v) is 4.54. The second-order valence-electron chi connectivity index (χ2n) is 8.35. The van der Waals surface area contributed by atoms with Gasteiger partial charge in [0.2, 0.25) is 0 Å². The molecule has 35 heavy (non-hydrogen) atoms. The lowest BCUT2D eigenvalue weighted by molar-refractivity contribution is 0.0942. The first kappa shape index (κ1) is 21.3. The molecular weight excluding hydrogens is 460 g/mol. The lowest BCUT2D eigenvalue weighted by atomic mass is 10.0. The number of halogens is 1. The number of nitrogens with one attached hydrogen (secondary N) is 1. The van der Waals surface area contributed by atoms with Gasteiger partial charge in [0.05, 0.1) is 23.6 Å². The van der Waals surface area contributed by atoms with Crippen molar-refractivity contribution in [1.82, 2.24) is 29.9 Å². The molecular formula is C27H21ClN6O. The summed E-state index contributed by atoms with van der Waals surface area (Å²) in [6, 6.07) is 27.0. The Hall–Kier alpha value is -4.23. The van der Waals surface area contributed by atoms with Gasteiger partial charge in [-0.2, -0.15) is 5.10 Å². The van der Waals surface area contributed by atoms with Crippen molar-refractivity contribution >= 4 is 17.5 Å². The van der Waals surface area contributed by atoms with Crippen molar-refractivity contribution in [1.29, 1.82) is 0 Å². The average molecular weight is 481 g/mol. The Bertz CT molecular complexity index is 1520. The lowest BCUT2D eigenvalue weighted by Crippen LogP contribution is -2.27. The lowest BCUT2D eigenvalue weighted by Gasteiger charge is -2.19. The van der Waals surface area contributed by atoms with Crippen LogP contribution in [0.15, 0.2) is 84.9 Å². The van der Waals surface area contributed by atoms with E-state index in [4.69, 9.17) is 16.7 Å². The Morgan fingerprint density at radius 2 is 1.69 bits per heavy atom. The van der Waals surface area contributed by atoms with Crippen LogP contribution < -0.4 is 5.32 Å². The van der Waals surface area contributed by atoms with Gasteiger partial charge in [0.15, 0.2) is 5.82 Å². The van der Waals surface area contributed by atoms with Gasteiger partial charge in [-0.3, -0.25) is 9.36 Å². The molecule has 1 aliphatic rings. The summed E-state index contributed by atoms with van der Waals surface area (Å²) >= 11 is 6.05. The van der Waals surface area contributed by atoms with E-state index in [9.17, 15) is 4.79 Å². The van der Waals surface area contributed by atoms with Crippen LogP contribution in [0.2, 0.25) is 5.02 Å². The summed E-state index contributed by atoms with van der Waals surface area (Å²) < 4.78 is 3.71. The van der Waals surface area contributed by atoms with Gasteiger partial charge in [0, 0.05) is 17.0 Å². The quantitative estimate of drug-likeness (QED) is 0.392. The molecule has 1 amide bonds. The molecule has 1 N–H and O–H groups in total. The van der Waals surface area contributed by atoms with Crippen molar-refractivity contribution < 1.29 is 4.79 Å². The SMILES string of the molecule is O=C(NCc1nnc2n1-c1ccccc1CC2)c1cc(-c2ccc(Cl)cc2)nn1-c1ccccc1. The number of fused-ring (bicyclic) bond motifs is 3. The second-order valence-corrected chi connectivity index (χ2v) is 8.78. The number of hydrogen-bond donors (Lipinski definition) is 1. The van der Waals surface area contributed by atoms with E-state index in [-0.39, 0.29) is 12.5 Å². The number of carbonyl (C=O) groups excluding carboxylic acids is 1. The molecule has 1 aliphatic heterocycles. The third kappa shape index (κ3) is 4.00. The molecule has 8 heteroatoms. The van der Waals surface area contributed by atoms with Crippen LogP contribution in [0.3, 0.4) is 0 Å². The minimum absolute atomic E-state index is 0.246. The van der Waals surface area contributed by atoms with Crippen LogP contribution in [0.1, 0.15) is 27.7 Å². The van der Waals surface area contributed by atoms with Gasteiger partial charge < -0.3 is 5.32 Å². The highest BCUT2D eigenvalue weighted by atomic mass is 35.5. The highest BCUT2D eigenvalue weighted by Crippen LogP contribution is 2.26. The summed E-state index contributed by atoms with van der Waals surface area (Å²) in [7, 11) is 0. The van der Waals surface area contributed by atoms with Crippen LogP contribution in [0.5, 0.6) is 0 Å². The highest BCUT2D eigenvalue weighted by Gasteiger charge is 2.22. The van der Waals surface area contributed by atoms with Crippen LogP contribution in [0.4, 0.5) is 0 Å². The third-order valence-corrected chi connectivity index (χ3v) is 6.39. The molecule has 0 unspecified atom stereocenters. The summed E-state index contributed by atoms with van der Waals surface area (Å²) in [6.07, 6.45) is 1.76. The van der Waals surface area contributed by atoms with E-state index in [1.165, 1.54) is 5.56 Å². The highest BCUT2D eigenvalue weighted by molar-refractivity contribution is 6.30. The number of carbonyl (C=O) groups is 1. The maximum absolute atomic E-state index is 13.4. The van der Waals surface area contributed by atoms with Gasteiger partial charge in [-0.1, -0.05) is 60.1 Å². The third-order valence-electron chi connectivity index (χ3n) is 6.14. The number of amides is 1. The van der Waals surface area contributed by atoms with Gasteiger partial charge in [0.25, 0.3) is 5.91 Å². The maximum atomic E-state index is 13.4. The average Bonchev–Trinajstić information content (AvgIpc) is 3.53. The minimum atomic E-state index is -0.247. The zero-order chi connectivity index (χ0) is 23.8. The maximum Gasteiger partial charge on any atom is 0.270 e. The number of nitrogens with zero attached hydrogens (tertiary/aromatic N) is 5. The molecule has 0 spiro atoms. The summed E-state index contributed by atoms with van der Waals surface area (Å²) in [5, 5.41) is 17.1. The first-order valence-electron chi connectivity index (χ1n) is 11.4. The number of para-hydroxylation sites is 2. The van der Waals surface area contributed by atoms with Crippen LogP contribution in [-0.2, 0) is 19.4 Å². The Kier molecular flexibility index (Phi) is 5.39. The predicted molar refractivity (Wildman–Crippen MR) is 134 cm³/mol. The van der Waals surface area contributed by atoms with Crippen LogP contribution in [0.25, 0.3) is 22.6 Å². The fourth-order valence-electron chi connectivity index (χ4n) is 4.42. The predicted octanol–water partition coefficient (Wildman–Crippen LogP) is 4.80. The second kappa shape index (κ2) is 8.85. The molecule has 2 aromatic heterocycles. The summed E-state index contributed by atoms with van der Waals surface area (Å²) in [5.41, 5.74) is 5.11. The van der Waals surface area contributed by atoms with Crippen molar-refractivity contribution in [2.24, 2.45) is 0 Å². The molecule has 3 aromatic carbocycles. The molecule has 0 atom stereocenters. The number of hydrogen-bond acceptors (Lipinski definition) is 4. The van der Waals surface area contributed by atoms with Gasteiger partial charge in [-0.25, -0.2) is 4.68 Å². The van der Waals surface area contributed by atoms with E-state index in [0.29, 0.717) is 22.2 Å². The molecule has 172 valence electrons. The molecule has 0 bridgehead atoms. The molecule has 6 rings (SSSR count). The first-order valence-corrected chi connectivity index (χ1v) is 11.8. The number of aryl methyl sites for hydroxylation is 2. The fraction of sp³-hybridized carbons (Fsp3) is 0.111. The number of aromatic nitrogens is 5. The molecule has 0 radical (unpaired) electrons. The van der Waals surface area contributed by atoms with Crippen LogP contribution in [0, 0.1) is 0 Å². The van der Waals surface area contributed by atoms with Crippen molar-refractivity contribution in [3.05, 3.63) is 113 Å².